The van der Waals surface area contributed by atoms with Gasteiger partial charge in [-0.2, -0.15) is 0 Å². The topological polar surface area (TPSA) is 69.7 Å². The van der Waals surface area contributed by atoms with E-state index < -0.39 is 22.0 Å². The van der Waals surface area contributed by atoms with Crippen LogP contribution in [0.5, 0.6) is 0 Å². The average Bonchev–Trinajstić information content (AvgIpc) is 3.23. The van der Waals surface area contributed by atoms with E-state index in [0.717, 1.165) is 29.2 Å². The predicted octanol–water partition coefficient (Wildman–Crippen LogP) is 4.06. The number of benzene rings is 2. The summed E-state index contributed by atoms with van der Waals surface area (Å²) in [6.45, 7) is 3.95. The number of anilines is 2. The fourth-order valence-electron chi connectivity index (χ4n) is 3.57. The van der Waals surface area contributed by atoms with Gasteiger partial charge in [0.1, 0.15) is 6.04 Å². The molecule has 0 aromatic heterocycles. The molecule has 2 aromatic rings. The second-order valence-corrected chi connectivity index (χ2v) is 10.1. The molecule has 1 N–H and O–H groups in total. The number of rotatable bonds is 7. The maximum absolute atomic E-state index is 12.7. The summed E-state index contributed by atoms with van der Waals surface area (Å²) in [6, 6.07) is 11.5. The van der Waals surface area contributed by atoms with E-state index in [1.807, 2.05) is 24.3 Å². The molecular weight excluding hydrogens is 445 g/mol. The lowest BCUT2D eigenvalue weighted by Crippen LogP contribution is -2.47. The summed E-state index contributed by atoms with van der Waals surface area (Å²) < 4.78 is 25.8. The Morgan fingerprint density at radius 2 is 1.77 bits per heavy atom. The molecule has 1 unspecified atom stereocenters. The molecule has 1 atom stereocenters. The molecule has 162 valence electrons. The first-order chi connectivity index (χ1) is 14.2. The van der Waals surface area contributed by atoms with E-state index in [-0.39, 0.29) is 10.7 Å². The van der Waals surface area contributed by atoms with Gasteiger partial charge in [-0.05, 0) is 55.7 Å². The van der Waals surface area contributed by atoms with Crippen LogP contribution >= 0.6 is 23.2 Å². The van der Waals surface area contributed by atoms with Crippen molar-refractivity contribution in [3.63, 3.8) is 0 Å². The Hall–Kier alpha value is -1.96. The Labute approximate surface area is 187 Å². The van der Waals surface area contributed by atoms with Crippen molar-refractivity contribution < 1.29 is 13.2 Å². The lowest BCUT2D eigenvalue weighted by Gasteiger charge is -2.29. The summed E-state index contributed by atoms with van der Waals surface area (Å²) >= 11 is 12.2. The fraction of sp³-hybridized carbons (Fsp3) is 0.381. The highest BCUT2D eigenvalue weighted by atomic mass is 35.5. The minimum Gasteiger partial charge on any atom is -0.372 e. The zero-order valence-corrected chi connectivity index (χ0v) is 19.3. The third-order valence-electron chi connectivity index (χ3n) is 5.11. The third-order valence-corrected chi connectivity index (χ3v) is 6.89. The van der Waals surface area contributed by atoms with Crippen LogP contribution in [0.25, 0.3) is 0 Å². The van der Waals surface area contributed by atoms with Gasteiger partial charge in [0, 0.05) is 30.3 Å². The molecule has 3 rings (SSSR count). The van der Waals surface area contributed by atoms with Crippen LogP contribution in [0.4, 0.5) is 11.4 Å². The number of halogens is 2. The lowest BCUT2D eigenvalue weighted by atomic mass is 10.2. The normalized spacial score (nSPS) is 15.1. The van der Waals surface area contributed by atoms with Crippen LogP contribution in [0.15, 0.2) is 42.5 Å². The maximum Gasteiger partial charge on any atom is 0.243 e. The molecule has 30 heavy (non-hydrogen) atoms. The van der Waals surface area contributed by atoms with Gasteiger partial charge < -0.3 is 10.2 Å². The second kappa shape index (κ2) is 9.45. The van der Waals surface area contributed by atoms with Crippen molar-refractivity contribution in [2.75, 3.05) is 28.6 Å². The molecule has 1 saturated heterocycles. The molecule has 9 heteroatoms. The molecule has 0 aliphatic carbocycles. The van der Waals surface area contributed by atoms with E-state index >= 15 is 0 Å². The zero-order chi connectivity index (χ0) is 21.9. The first kappa shape index (κ1) is 22.7. The van der Waals surface area contributed by atoms with Gasteiger partial charge in [0.25, 0.3) is 0 Å². The predicted molar refractivity (Wildman–Crippen MR) is 123 cm³/mol. The van der Waals surface area contributed by atoms with E-state index in [4.69, 9.17) is 23.2 Å². The summed E-state index contributed by atoms with van der Waals surface area (Å²) in [6.07, 6.45) is 3.46. The Morgan fingerprint density at radius 3 is 2.37 bits per heavy atom. The molecule has 6 nitrogen and oxygen atoms in total. The number of hydrogen-bond acceptors (Lipinski definition) is 4. The van der Waals surface area contributed by atoms with E-state index in [2.05, 4.69) is 10.2 Å². The summed E-state index contributed by atoms with van der Waals surface area (Å²) in [5.74, 6) is -0.430. The number of hydrogen-bond donors (Lipinski definition) is 1. The van der Waals surface area contributed by atoms with Crippen molar-refractivity contribution in [1.29, 1.82) is 0 Å². The van der Waals surface area contributed by atoms with E-state index in [0.29, 0.717) is 11.6 Å². The SMILES string of the molecule is CC(C(=O)NCc1ccc(N2CCCC2)cc1)N(c1cc(Cl)ccc1Cl)S(C)(=O)=O. The minimum absolute atomic E-state index is 0.171. The number of carbonyl (C=O) groups excluding carboxylic acids is 1. The van der Waals surface area contributed by atoms with Gasteiger partial charge in [0.05, 0.1) is 17.0 Å². The first-order valence-electron chi connectivity index (χ1n) is 9.73. The molecule has 1 fully saturated rings. The molecule has 2 aromatic carbocycles. The summed E-state index contributed by atoms with van der Waals surface area (Å²) in [5, 5.41) is 3.33. The smallest absolute Gasteiger partial charge is 0.243 e. The number of nitrogens with one attached hydrogen (secondary N) is 1. The van der Waals surface area contributed by atoms with Gasteiger partial charge in [-0.15, -0.1) is 0 Å². The highest BCUT2D eigenvalue weighted by Gasteiger charge is 2.30. The largest absolute Gasteiger partial charge is 0.372 e. The molecule has 0 radical (unpaired) electrons. The van der Waals surface area contributed by atoms with Gasteiger partial charge >= 0.3 is 0 Å². The number of amides is 1. The molecule has 0 saturated carbocycles. The second-order valence-electron chi connectivity index (χ2n) is 7.41. The Kier molecular flexibility index (Phi) is 7.16. The number of carbonyl (C=O) groups is 1. The number of sulfonamides is 1. The molecular formula is C21H25Cl2N3O3S. The van der Waals surface area contributed by atoms with Crippen molar-refractivity contribution in [2.45, 2.75) is 32.4 Å². The molecule has 1 heterocycles. The van der Waals surface area contributed by atoms with Gasteiger partial charge in [0.2, 0.25) is 15.9 Å². The summed E-state index contributed by atoms with van der Waals surface area (Å²) in [7, 11) is -3.78. The Morgan fingerprint density at radius 1 is 1.13 bits per heavy atom. The van der Waals surface area contributed by atoms with Crippen LogP contribution in [0, 0.1) is 0 Å². The molecule has 0 bridgehead atoms. The van der Waals surface area contributed by atoms with Gasteiger partial charge in [-0.1, -0.05) is 35.3 Å². The van der Waals surface area contributed by atoms with E-state index in [1.165, 1.54) is 37.6 Å². The van der Waals surface area contributed by atoms with Gasteiger partial charge in [-0.25, -0.2) is 8.42 Å². The summed E-state index contributed by atoms with van der Waals surface area (Å²) in [5.41, 5.74) is 2.28. The van der Waals surface area contributed by atoms with Crippen molar-refractivity contribution >= 4 is 50.5 Å². The van der Waals surface area contributed by atoms with Crippen molar-refractivity contribution in [2.24, 2.45) is 0 Å². The Bertz CT molecular complexity index is 1010. The van der Waals surface area contributed by atoms with Crippen LogP contribution in [0.3, 0.4) is 0 Å². The highest BCUT2D eigenvalue weighted by molar-refractivity contribution is 7.92. The van der Waals surface area contributed by atoms with Crippen LogP contribution in [-0.4, -0.2) is 39.7 Å². The fourth-order valence-corrected chi connectivity index (χ4v) is 5.18. The molecule has 1 aliphatic heterocycles. The summed E-state index contributed by atoms with van der Waals surface area (Å²) in [4.78, 5) is 15.1. The van der Waals surface area contributed by atoms with Crippen molar-refractivity contribution in [3.8, 4) is 0 Å². The first-order valence-corrected chi connectivity index (χ1v) is 12.3. The standard InChI is InChI=1S/C21H25Cl2N3O3S/c1-15(26(30(2,28)29)20-13-17(22)7-10-19(20)23)21(27)24-14-16-5-8-18(9-6-16)25-11-3-4-12-25/h5-10,13,15H,3-4,11-12,14H2,1-2H3,(H,24,27). The molecule has 0 spiro atoms. The van der Waals surface area contributed by atoms with Gasteiger partial charge in [0.15, 0.2) is 0 Å². The van der Waals surface area contributed by atoms with Crippen molar-refractivity contribution in [1.82, 2.24) is 5.32 Å². The van der Waals surface area contributed by atoms with Crippen LogP contribution in [0.2, 0.25) is 10.0 Å². The van der Waals surface area contributed by atoms with Crippen LogP contribution in [0.1, 0.15) is 25.3 Å². The quantitative estimate of drug-likeness (QED) is 0.663. The maximum atomic E-state index is 12.7. The van der Waals surface area contributed by atoms with E-state index in [9.17, 15) is 13.2 Å². The Balaban J connectivity index is 1.70. The highest BCUT2D eigenvalue weighted by Crippen LogP contribution is 2.32. The molecule has 1 aliphatic rings. The lowest BCUT2D eigenvalue weighted by molar-refractivity contribution is -0.122. The number of nitrogens with zero attached hydrogens (tertiary/aromatic N) is 2. The monoisotopic (exact) mass is 469 g/mol. The van der Waals surface area contributed by atoms with E-state index in [1.54, 1.807) is 6.07 Å². The minimum atomic E-state index is -3.78. The third kappa shape index (κ3) is 5.39. The van der Waals surface area contributed by atoms with Crippen LogP contribution < -0.4 is 14.5 Å². The molecule has 1 amide bonds. The van der Waals surface area contributed by atoms with Gasteiger partial charge in [-0.3, -0.25) is 9.10 Å². The van der Waals surface area contributed by atoms with Crippen LogP contribution in [-0.2, 0) is 21.4 Å². The van der Waals surface area contributed by atoms with Crippen molar-refractivity contribution in [3.05, 3.63) is 58.1 Å². The average molecular weight is 470 g/mol. The zero-order valence-electron chi connectivity index (χ0n) is 16.9.